The van der Waals surface area contributed by atoms with E-state index in [-0.39, 0.29) is 23.1 Å². The Labute approximate surface area is 159 Å². The number of hydrazone groups is 2. The van der Waals surface area contributed by atoms with Crippen LogP contribution in [0, 0.1) is 5.92 Å². The van der Waals surface area contributed by atoms with Crippen molar-refractivity contribution >= 4 is 23.3 Å². The molecule has 0 radical (unpaired) electrons. The van der Waals surface area contributed by atoms with Gasteiger partial charge in [-0.25, -0.2) is 10.2 Å². The van der Waals surface area contributed by atoms with Gasteiger partial charge in [0, 0.05) is 23.5 Å². The molecule has 0 fully saturated rings. The number of amides is 1. The number of aromatic carboxylic acids is 1. The van der Waals surface area contributed by atoms with E-state index in [1.54, 1.807) is 24.3 Å². The molecular weight excluding hydrogens is 364 g/mol. The second-order valence-electron chi connectivity index (χ2n) is 6.35. The lowest BCUT2D eigenvalue weighted by atomic mass is 9.92. The van der Waals surface area contributed by atoms with Crippen LogP contribution in [0.4, 0.5) is 0 Å². The first-order chi connectivity index (χ1) is 13.3. The highest BCUT2D eigenvalue weighted by Gasteiger charge is 2.24. The molecule has 0 aliphatic carbocycles. The summed E-state index contributed by atoms with van der Waals surface area (Å²) in [5.74, 6) is 2.64. The molecule has 6 N–H and O–H groups in total. The average Bonchev–Trinajstić information content (AvgIpc) is 2.64. The van der Waals surface area contributed by atoms with Crippen LogP contribution in [0.15, 0.2) is 46.6 Å². The van der Waals surface area contributed by atoms with Crippen LogP contribution in [-0.4, -0.2) is 38.6 Å². The molecule has 0 bridgehead atoms. The molecule has 3 rings (SSSR count). The summed E-state index contributed by atoms with van der Waals surface area (Å²) in [6, 6.07) is 9.41. The van der Waals surface area contributed by atoms with E-state index in [4.69, 9.17) is 5.84 Å². The van der Waals surface area contributed by atoms with Gasteiger partial charge in [0.25, 0.3) is 0 Å². The van der Waals surface area contributed by atoms with E-state index in [9.17, 15) is 24.9 Å². The zero-order chi connectivity index (χ0) is 20.4. The average molecular weight is 382 g/mol. The molecule has 0 spiro atoms. The first-order valence-corrected chi connectivity index (χ1v) is 8.37. The molecule has 0 saturated heterocycles. The Morgan fingerprint density at radius 3 is 2.46 bits per heavy atom. The maximum Gasteiger partial charge on any atom is 0.343 e. The number of carbonyl (C=O) groups is 2. The Morgan fingerprint density at radius 2 is 1.89 bits per heavy atom. The SMILES string of the molecule is CC1CC(=O)NN=C1c1ccc(C(=NN)c2ccc(O)c(C(=O)O)c2O)cc1. The third-order valence-electron chi connectivity index (χ3n) is 4.47. The van der Waals surface area contributed by atoms with Crippen molar-refractivity contribution in [1.82, 2.24) is 5.43 Å². The van der Waals surface area contributed by atoms with Crippen molar-refractivity contribution in [1.29, 1.82) is 0 Å². The number of hydrogen-bond donors (Lipinski definition) is 5. The van der Waals surface area contributed by atoms with Crippen molar-refractivity contribution in [3.8, 4) is 11.5 Å². The van der Waals surface area contributed by atoms with Crippen LogP contribution < -0.4 is 11.3 Å². The lowest BCUT2D eigenvalue weighted by molar-refractivity contribution is -0.121. The van der Waals surface area contributed by atoms with Crippen molar-refractivity contribution in [2.24, 2.45) is 22.0 Å². The van der Waals surface area contributed by atoms with E-state index in [1.807, 2.05) is 6.92 Å². The number of carboxylic acid groups (broad SMARTS) is 1. The van der Waals surface area contributed by atoms with Gasteiger partial charge in [0.05, 0.1) is 5.71 Å². The van der Waals surface area contributed by atoms with Gasteiger partial charge in [0.2, 0.25) is 5.91 Å². The minimum Gasteiger partial charge on any atom is -0.507 e. The first kappa shape index (κ1) is 18.9. The molecule has 1 unspecified atom stereocenters. The van der Waals surface area contributed by atoms with Gasteiger partial charge in [-0.15, -0.1) is 0 Å². The summed E-state index contributed by atoms with van der Waals surface area (Å²) >= 11 is 0. The molecule has 2 aromatic rings. The largest absolute Gasteiger partial charge is 0.507 e. The Balaban J connectivity index is 1.98. The minimum atomic E-state index is -1.48. The second-order valence-corrected chi connectivity index (χ2v) is 6.35. The molecule has 1 atom stereocenters. The summed E-state index contributed by atoms with van der Waals surface area (Å²) in [4.78, 5) is 22.7. The number of hydrogen-bond acceptors (Lipinski definition) is 7. The fourth-order valence-corrected chi connectivity index (χ4v) is 3.08. The zero-order valence-electron chi connectivity index (χ0n) is 14.9. The number of aromatic hydroxyl groups is 2. The molecule has 1 amide bonds. The van der Waals surface area contributed by atoms with E-state index >= 15 is 0 Å². The number of carbonyl (C=O) groups excluding carboxylic acids is 1. The van der Waals surface area contributed by atoms with Crippen molar-refractivity contribution in [3.63, 3.8) is 0 Å². The number of carboxylic acids is 1. The minimum absolute atomic E-state index is 0.0403. The van der Waals surface area contributed by atoms with E-state index in [0.29, 0.717) is 12.0 Å². The molecular formula is C19H18N4O5. The van der Waals surface area contributed by atoms with E-state index in [2.05, 4.69) is 15.6 Å². The Kier molecular flexibility index (Phi) is 4.99. The fraction of sp³-hybridized carbons (Fsp3) is 0.158. The summed E-state index contributed by atoms with van der Waals surface area (Å²) in [5.41, 5.74) is 4.11. The summed E-state index contributed by atoms with van der Waals surface area (Å²) < 4.78 is 0. The third kappa shape index (κ3) is 3.37. The number of nitrogens with one attached hydrogen (secondary N) is 1. The van der Waals surface area contributed by atoms with Gasteiger partial charge in [-0.3, -0.25) is 4.79 Å². The number of nitrogens with two attached hydrogens (primary N) is 1. The van der Waals surface area contributed by atoms with Gasteiger partial charge in [-0.1, -0.05) is 31.2 Å². The van der Waals surface area contributed by atoms with Gasteiger partial charge < -0.3 is 21.2 Å². The van der Waals surface area contributed by atoms with E-state index in [0.717, 1.165) is 17.3 Å². The number of rotatable bonds is 4. The number of phenols is 2. The first-order valence-electron chi connectivity index (χ1n) is 8.37. The Morgan fingerprint density at radius 1 is 1.21 bits per heavy atom. The summed E-state index contributed by atoms with van der Waals surface area (Å²) in [6.45, 7) is 1.90. The van der Waals surface area contributed by atoms with Crippen LogP contribution in [0.3, 0.4) is 0 Å². The molecule has 0 saturated carbocycles. The van der Waals surface area contributed by atoms with Crippen molar-refractivity contribution in [2.45, 2.75) is 13.3 Å². The monoisotopic (exact) mass is 382 g/mol. The van der Waals surface area contributed by atoms with Gasteiger partial charge in [-0.2, -0.15) is 10.2 Å². The van der Waals surface area contributed by atoms with Crippen molar-refractivity contribution in [2.75, 3.05) is 0 Å². The van der Waals surface area contributed by atoms with Crippen LogP contribution in [0.1, 0.15) is 40.4 Å². The maximum absolute atomic E-state index is 11.4. The molecule has 9 nitrogen and oxygen atoms in total. The topological polar surface area (TPSA) is 158 Å². The van der Waals surface area contributed by atoms with Crippen LogP contribution in [0.2, 0.25) is 0 Å². The standard InChI is InChI=1S/C19H18N4O5/c1-9-8-14(25)22-23-16(9)10-2-4-11(5-3-10)17(21-20)12-6-7-13(24)15(18(12)26)19(27)28/h2-7,9,24,26H,8,20H2,1H3,(H,22,25)(H,27,28). The summed E-state index contributed by atoms with van der Waals surface area (Å²) in [6.07, 6.45) is 0.343. The van der Waals surface area contributed by atoms with Crippen molar-refractivity contribution in [3.05, 3.63) is 58.7 Å². The third-order valence-corrected chi connectivity index (χ3v) is 4.47. The molecule has 0 aromatic heterocycles. The highest BCUT2D eigenvalue weighted by molar-refractivity contribution is 6.16. The second kappa shape index (κ2) is 7.39. The zero-order valence-corrected chi connectivity index (χ0v) is 14.9. The highest BCUT2D eigenvalue weighted by atomic mass is 16.4. The smallest absolute Gasteiger partial charge is 0.343 e. The summed E-state index contributed by atoms with van der Waals surface area (Å²) in [5, 5.41) is 36.9. The van der Waals surface area contributed by atoms with Crippen LogP contribution in [0.5, 0.6) is 11.5 Å². The Hall–Kier alpha value is -3.88. The maximum atomic E-state index is 11.4. The molecule has 28 heavy (non-hydrogen) atoms. The molecule has 9 heteroatoms. The predicted octanol–water partition coefficient (Wildman–Crippen LogP) is 1.37. The van der Waals surface area contributed by atoms with Gasteiger partial charge in [0.15, 0.2) is 0 Å². The van der Waals surface area contributed by atoms with Gasteiger partial charge in [0.1, 0.15) is 22.8 Å². The Bertz CT molecular complexity index is 1010. The van der Waals surface area contributed by atoms with Crippen LogP contribution >= 0.6 is 0 Å². The van der Waals surface area contributed by atoms with Crippen LogP contribution in [-0.2, 0) is 4.79 Å². The summed E-state index contributed by atoms with van der Waals surface area (Å²) in [7, 11) is 0. The predicted molar refractivity (Wildman–Crippen MR) is 101 cm³/mol. The highest BCUT2D eigenvalue weighted by Crippen LogP contribution is 2.32. The number of benzene rings is 2. The van der Waals surface area contributed by atoms with E-state index < -0.39 is 23.0 Å². The van der Waals surface area contributed by atoms with E-state index in [1.165, 1.54) is 6.07 Å². The number of nitrogens with zero attached hydrogens (tertiary/aromatic N) is 2. The quantitative estimate of drug-likeness (QED) is 0.305. The van der Waals surface area contributed by atoms with Gasteiger partial charge in [-0.05, 0) is 17.7 Å². The molecule has 1 heterocycles. The normalized spacial score (nSPS) is 17.0. The van der Waals surface area contributed by atoms with Crippen molar-refractivity contribution < 1.29 is 24.9 Å². The lowest BCUT2D eigenvalue weighted by Gasteiger charge is -2.19. The fourth-order valence-electron chi connectivity index (χ4n) is 3.08. The molecule has 144 valence electrons. The lowest BCUT2D eigenvalue weighted by Crippen LogP contribution is -2.31. The van der Waals surface area contributed by atoms with Gasteiger partial charge >= 0.3 is 5.97 Å². The molecule has 1 aliphatic heterocycles. The van der Waals surface area contributed by atoms with Crippen LogP contribution in [0.25, 0.3) is 0 Å². The molecule has 2 aromatic carbocycles. The molecule has 1 aliphatic rings.